The van der Waals surface area contributed by atoms with Gasteiger partial charge in [0.25, 0.3) is 0 Å². The molecule has 1 fully saturated rings. The lowest BCUT2D eigenvalue weighted by Crippen LogP contribution is -2.33. The van der Waals surface area contributed by atoms with Crippen LogP contribution in [0.4, 0.5) is 0 Å². The molecule has 0 saturated carbocycles. The maximum absolute atomic E-state index is 10.5. The van der Waals surface area contributed by atoms with Gasteiger partial charge in [0.2, 0.25) is 0 Å². The van der Waals surface area contributed by atoms with E-state index in [1.54, 1.807) is 0 Å². The number of nitrogens with two attached hydrogens (primary N) is 1. The molecule has 0 aromatic heterocycles. The highest BCUT2D eigenvalue weighted by molar-refractivity contribution is 6.06. The molecule has 0 amide bonds. The van der Waals surface area contributed by atoms with Crippen LogP contribution in [-0.2, 0) is 9.53 Å². The van der Waals surface area contributed by atoms with Crippen LogP contribution in [0.25, 0.3) is 0 Å². The zero-order valence-corrected chi connectivity index (χ0v) is 8.93. The van der Waals surface area contributed by atoms with Crippen LogP contribution in [0.15, 0.2) is 4.99 Å². The first-order valence-electron chi connectivity index (χ1n) is 4.96. The predicted octanol–water partition coefficient (Wildman–Crippen LogP) is -2.75. The number of aliphatic imine (C=N–C) groups is 1. The summed E-state index contributed by atoms with van der Waals surface area (Å²) in [6, 6.07) is 0. The van der Waals surface area contributed by atoms with Gasteiger partial charge in [0.15, 0.2) is 6.23 Å². The Morgan fingerprint density at radius 2 is 2.18 bits per heavy atom. The number of aldehydes is 1. The van der Waals surface area contributed by atoms with Crippen molar-refractivity contribution in [2.75, 3.05) is 6.61 Å². The van der Waals surface area contributed by atoms with Crippen LogP contribution in [0.1, 0.15) is 0 Å². The molecule has 1 aliphatic heterocycles. The van der Waals surface area contributed by atoms with Gasteiger partial charge in [-0.3, -0.25) is 10.4 Å². The minimum absolute atomic E-state index is 0.379. The second-order valence-electron chi connectivity index (χ2n) is 3.64. The number of nitrogens with one attached hydrogen (secondary N) is 1. The van der Waals surface area contributed by atoms with Crippen LogP contribution in [0, 0.1) is 11.3 Å². The van der Waals surface area contributed by atoms with Crippen LogP contribution in [-0.4, -0.2) is 64.8 Å². The summed E-state index contributed by atoms with van der Waals surface area (Å²) in [7, 11) is 0. The lowest BCUT2D eigenvalue weighted by atomic mass is 10.1. The van der Waals surface area contributed by atoms with E-state index >= 15 is 0 Å². The molecule has 0 aromatic carbocycles. The summed E-state index contributed by atoms with van der Waals surface area (Å²) in [5.41, 5.74) is 5.12. The van der Waals surface area contributed by atoms with Crippen molar-refractivity contribution in [3.05, 3.63) is 0 Å². The van der Waals surface area contributed by atoms with Gasteiger partial charge in [-0.1, -0.05) is 0 Å². The molecule has 0 aliphatic carbocycles. The van der Waals surface area contributed by atoms with Gasteiger partial charge in [-0.15, -0.1) is 0 Å². The summed E-state index contributed by atoms with van der Waals surface area (Å²) in [5.74, 6) is -1.37. The summed E-state index contributed by atoms with van der Waals surface area (Å²) in [4.78, 5) is 14.2. The van der Waals surface area contributed by atoms with Crippen LogP contribution in [0.2, 0.25) is 0 Å². The summed E-state index contributed by atoms with van der Waals surface area (Å²) >= 11 is 0. The molecule has 5 atom stereocenters. The monoisotopic (exact) mass is 245 g/mol. The van der Waals surface area contributed by atoms with E-state index in [1.807, 2.05) is 0 Å². The number of amidine groups is 1. The summed E-state index contributed by atoms with van der Waals surface area (Å²) in [6.45, 7) is -0.450. The van der Waals surface area contributed by atoms with Crippen LogP contribution < -0.4 is 5.73 Å². The van der Waals surface area contributed by atoms with E-state index in [4.69, 9.17) is 21.0 Å². The number of ether oxygens (including phenoxy) is 1. The highest BCUT2D eigenvalue weighted by atomic mass is 16.6. The molecule has 6 N–H and O–H groups in total. The normalized spacial score (nSPS) is 35.0. The second kappa shape index (κ2) is 5.82. The van der Waals surface area contributed by atoms with Crippen LogP contribution >= 0.6 is 0 Å². The van der Waals surface area contributed by atoms with Gasteiger partial charge in [0, 0.05) is 6.21 Å². The Morgan fingerprint density at radius 3 is 2.59 bits per heavy atom. The van der Waals surface area contributed by atoms with E-state index in [2.05, 4.69) is 4.99 Å². The average Bonchev–Trinajstić information content (AvgIpc) is 2.57. The van der Waals surface area contributed by atoms with Crippen LogP contribution in [0.3, 0.4) is 0 Å². The van der Waals surface area contributed by atoms with E-state index in [1.165, 1.54) is 0 Å². The first-order chi connectivity index (χ1) is 8.01. The standard InChI is InChI=1S/C9H15N3O5/c10-8(11)4(2-13)1-12-9-7(16)6(15)5(3-14)17-9/h1-2,4-7,9,14-16H,3H2,(H3,10,11). The van der Waals surface area contributed by atoms with E-state index in [-0.39, 0.29) is 5.84 Å². The SMILES string of the molecule is N=C(N)C(C=O)C=NC1OC(CO)C(O)C1O. The largest absolute Gasteiger partial charge is 0.394 e. The highest BCUT2D eigenvalue weighted by Crippen LogP contribution is 2.21. The molecule has 0 bridgehead atoms. The average molecular weight is 245 g/mol. The lowest BCUT2D eigenvalue weighted by molar-refractivity contribution is -0.108. The number of hydrogen-bond acceptors (Lipinski definition) is 7. The van der Waals surface area contributed by atoms with Crippen LogP contribution in [0.5, 0.6) is 0 Å². The summed E-state index contributed by atoms with van der Waals surface area (Å²) in [6.07, 6.45) is -3.04. The second-order valence-corrected chi connectivity index (χ2v) is 3.64. The van der Waals surface area contributed by atoms with E-state index in [0.717, 1.165) is 6.21 Å². The fourth-order valence-corrected chi connectivity index (χ4v) is 1.37. The number of aliphatic hydroxyl groups is 3. The molecule has 1 heterocycles. The molecule has 8 nitrogen and oxygen atoms in total. The molecule has 1 rings (SSSR count). The van der Waals surface area contributed by atoms with Gasteiger partial charge in [-0.2, -0.15) is 0 Å². The third-order valence-corrected chi connectivity index (χ3v) is 2.42. The molecule has 5 unspecified atom stereocenters. The number of aliphatic hydroxyl groups excluding tert-OH is 3. The van der Waals surface area contributed by atoms with E-state index in [0.29, 0.717) is 6.29 Å². The molecular formula is C9H15N3O5. The van der Waals surface area contributed by atoms with Crippen molar-refractivity contribution in [1.82, 2.24) is 0 Å². The fourth-order valence-electron chi connectivity index (χ4n) is 1.37. The Bertz CT molecular complexity index is 322. The van der Waals surface area contributed by atoms with Crippen molar-refractivity contribution in [2.24, 2.45) is 16.6 Å². The van der Waals surface area contributed by atoms with Crippen molar-refractivity contribution in [3.8, 4) is 0 Å². The molecule has 1 saturated heterocycles. The van der Waals surface area contributed by atoms with E-state index < -0.39 is 37.1 Å². The van der Waals surface area contributed by atoms with E-state index in [9.17, 15) is 15.0 Å². The predicted molar refractivity (Wildman–Crippen MR) is 57.7 cm³/mol. The molecule has 0 aromatic rings. The topological polar surface area (TPSA) is 149 Å². The van der Waals surface area contributed by atoms with Crippen molar-refractivity contribution in [1.29, 1.82) is 5.41 Å². The Labute approximate surface area is 97.2 Å². The molecule has 0 radical (unpaired) electrons. The Kier molecular flexibility index (Phi) is 4.70. The number of nitrogens with zero attached hydrogens (tertiary/aromatic N) is 1. The maximum Gasteiger partial charge on any atom is 0.176 e. The lowest BCUT2D eigenvalue weighted by Gasteiger charge is -2.10. The third kappa shape index (κ3) is 3.07. The summed E-state index contributed by atoms with van der Waals surface area (Å²) < 4.78 is 5.03. The van der Waals surface area contributed by atoms with Crippen molar-refractivity contribution in [2.45, 2.75) is 24.5 Å². The number of rotatable bonds is 5. The van der Waals surface area contributed by atoms with Gasteiger partial charge in [0.1, 0.15) is 36.4 Å². The number of carbonyl (C=O) groups excluding carboxylic acids is 1. The van der Waals surface area contributed by atoms with Crippen molar-refractivity contribution >= 4 is 18.3 Å². The van der Waals surface area contributed by atoms with Gasteiger partial charge in [-0.25, -0.2) is 0 Å². The maximum atomic E-state index is 10.5. The zero-order chi connectivity index (χ0) is 13.0. The molecule has 0 spiro atoms. The minimum atomic E-state index is -1.29. The van der Waals surface area contributed by atoms with Gasteiger partial charge < -0.3 is 30.6 Å². The van der Waals surface area contributed by atoms with Gasteiger partial charge >= 0.3 is 0 Å². The van der Waals surface area contributed by atoms with Crippen molar-refractivity contribution < 1.29 is 24.9 Å². The zero-order valence-electron chi connectivity index (χ0n) is 8.93. The molecule has 96 valence electrons. The Hall–Kier alpha value is -1.35. The molecule has 1 aliphatic rings. The minimum Gasteiger partial charge on any atom is -0.394 e. The van der Waals surface area contributed by atoms with Gasteiger partial charge in [-0.05, 0) is 0 Å². The summed E-state index contributed by atoms with van der Waals surface area (Å²) in [5, 5.41) is 34.8. The molecular weight excluding hydrogens is 230 g/mol. The quantitative estimate of drug-likeness (QED) is 0.201. The highest BCUT2D eigenvalue weighted by Gasteiger charge is 2.42. The molecule has 17 heavy (non-hydrogen) atoms. The van der Waals surface area contributed by atoms with Crippen molar-refractivity contribution in [3.63, 3.8) is 0 Å². The third-order valence-electron chi connectivity index (χ3n) is 2.42. The van der Waals surface area contributed by atoms with Gasteiger partial charge in [0.05, 0.1) is 6.61 Å². The first kappa shape index (κ1) is 13.7. The number of hydrogen-bond donors (Lipinski definition) is 5. The number of carbonyl (C=O) groups is 1. The molecule has 8 heteroatoms. The fraction of sp³-hybridized carbons (Fsp3) is 0.667. The Morgan fingerprint density at radius 1 is 1.53 bits per heavy atom. The Balaban J connectivity index is 2.66. The smallest absolute Gasteiger partial charge is 0.176 e. The first-order valence-corrected chi connectivity index (χ1v) is 4.96.